The van der Waals surface area contributed by atoms with Crippen LogP contribution in [-0.2, 0) is 16.0 Å². The van der Waals surface area contributed by atoms with Gasteiger partial charge in [0.15, 0.2) is 0 Å². The van der Waals surface area contributed by atoms with E-state index in [1.54, 1.807) is 6.20 Å². The summed E-state index contributed by atoms with van der Waals surface area (Å²) >= 11 is 0. The Bertz CT molecular complexity index is 536. The largest absolute Gasteiger partial charge is 0.469 e. The third-order valence-corrected chi connectivity index (χ3v) is 2.21. The molecular formula is C11H11N3O3. The van der Waals surface area contributed by atoms with Gasteiger partial charge in [0.2, 0.25) is 11.7 Å². The van der Waals surface area contributed by atoms with Crippen LogP contribution >= 0.6 is 0 Å². The van der Waals surface area contributed by atoms with Gasteiger partial charge in [-0.3, -0.25) is 9.78 Å². The van der Waals surface area contributed by atoms with Crippen LogP contribution in [0.25, 0.3) is 11.5 Å². The highest BCUT2D eigenvalue weighted by Crippen LogP contribution is 2.16. The maximum absolute atomic E-state index is 11.0. The Morgan fingerprint density at radius 2 is 2.35 bits per heavy atom. The van der Waals surface area contributed by atoms with Gasteiger partial charge in [-0.05, 0) is 18.6 Å². The molecule has 17 heavy (non-hydrogen) atoms. The molecule has 2 rings (SSSR count). The number of aromatic nitrogens is 3. The van der Waals surface area contributed by atoms with Gasteiger partial charge in [-0.15, -0.1) is 0 Å². The van der Waals surface area contributed by atoms with Crippen molar-refractivity contribution in [1.82, 2.24) is 15.1 Å². The number of hydrogen-bond donors (Lipinski definition) is 0. The molecule has 2 aromatic rings. The zero-order chi connectivity index (χ0) is 12.3. The minimum atomic E-state index is -0.419. The first kappa shape index (κ1) is 11.3. The molecule has 0 aliphatic heterocycles. The van der Waals surface area contributed by atoms with Crippen molar-refractivity contribution in [2.24, 2.45) is 0 Å². The third kappa shape index (κ3) is 2.47. The molecule has 0 saturated heterocycles. The Morgan fingerprint density at radius 3 is 3.06 bits per heavy atom. The second-order valence-corrected chi connectivity index (χ2v) is 3.43. The van der Waals surface area contributed by atoms with Crippen molar-refractivity contribution in [1.29, 1.82) is 0 Å². The molecule has 88 valence electrons. The molecule has 6 heteroatoms. The highest BCUT2D eigenvalue weighted by atomic mass is 16.5. The number of aryl methyl sites for hydroxylation is 1. The van der Waals surface area contributed by atoms with Crippen LogP contribution in [-0.4, -0.2) is 28.2 Å². The third-order valence-electron chi connectivity index (χ3n) is 2.21. The lowest BCUT2D eigenvalue weighted by atomic mass is 10.2. The summed E-state index contributed by atoms with van der Waals surface area (Å²) in [5.41, 5.74) is 1.59. The maximum Gasteiger partial charge on any atom is 0.315 e. The molecule has 0 fully saturated rings. The highest BCUT2D eigenvalue weighted by molar-refractivity contribution is 5.71. The first-order valence-electron chi connectivity index (χ1n) is 5.02. The highest BCUT2D eigenvalue weighted by Gasteiger charge is 2.14. The number of carbonyl (C=O) groups excluding carboxylic acids is 1. The second-order valence-electron chi connectivity index (χ2n) is 3.43. The van der Waals surface area contributed by atoms with Crippen molar-refractivity contribution in [2.45, 2.75) is 13.3 Å². The number of rotatable bonds is 3. The van der Waals surface area contributed by atoms with E-state index in [0.29, 0.717) is 11.5 Å². The molecule has 0 aliphatic rings. The van der Waals surface area contributed by atoms with E-state index in [4.69, 9.17) is 4.52 Å². The fraction of sp³-hybridized carbons (Fsp3) is 0.273. The quantitative estimate of drug-likeness (QED) is 0.740. The Labute approximate surface area is 97.6 Å². The van der Waals surface area contributed by atoms with Crippen LogP contribution in [0, 0.1) is 6.92 Å². The lowest BCUT2D eigenvalue weighted by Crippen LogP contribution is -2.04. The molecule has 0 spiro atoms. The van der Waals surface area contributed by atoms with Crippen LogP contribution in [0.3, 0.4) is 0 Å². The summed E-state index contributed by atoms with van der Waals surface area (Å²) in [6, 6.07) is 3.73. The van der Waals surface area contributed by atoms with E-state index in [1.165, 1.54) is 7.11 Å². The minimum absolute atomic E-state index is 0.0324. The van der Waals surface area contributed by atoms with Crippen molar-refractivity contribution >= 4 is 5.97 Å². The average molecular weight is 233 g/mol. The lowest BCUT2D eigenvalue weighted by Gasteiger charge is -1.96. The normalized spacial score (nSPS) is 10.2. The summed E-state index contributed by atoms with van der Waals surface area (Å²) in [5, 5.41) is 3.78. The van der Waals surface area contributed by atoms with Gasteiger partial charge in [-0.2, -0.15) is 4.98 Å². The Hall–Kier alpha value is -2.24. The predicted molar refractivity (Wildman–Crippen MR) is 58.0 cm³/mol. The van der Waals surface area contributed by atoms with Crippen LogP contribution < -0.4 is 0 Å². The summed E-state index contributed by atoms with van der Waals surface area (Å²) < 4.78 is 9.46. The minimum Gasteiger partial charge on any atom is -0.469 e. The predicted octanol–water partition coefficient (Wildman–Crippen LogP) is 1.16. The van der Waals surface area contributed by atoms with E-state index < -0.39 is 5.97 Å². The van der Waals surface area contributed by atoms with E-state index in [9.17, 15) is 4.79 Å². The number of ether oxygens (including phenoxy) is 1. The summed E-state index contributed by atoms with van der Waals surface area (Å²) in [4.78, 5) is 19.3. The average Bonchev–Trinajstić information content (AvgIpc) is 2.78. The van der Waals surface area contributed by atoms with Crippen LogP contribution in [0.5, 0.6) is 0 Å². The van der Waals surface area contributed by atoms with Crippen molar-refractivity contribution in [3.63, 3.8) is 0 Å². The number of nitrogens with zero attached hydrogens (tertiary/aromatic N) is 3. The summed E-state index contributed by atoms with van der Waals surface area (Å²) in [5.74, 6) is 0.178. The van der Waals surface area contributed by atoms with Gasteiger partial charge in [0.05, 0.1) is 7.11 Å². The molecule has 0 unspecified atom stereocenters. The zero-order valence-electron chi connectivity index (χ0n) is 9.51. The Morgan fingerprint density at radius 1 is 1.53 bits per heavy atom. The van der Waals surface area contributed by atoms with E-state index in [0.717, 1.165) is 5.56 Å². The number of hydrogen-bond acceptors (Lipinski definition) is 6. The van der Waals surface area contributed by atoms with Crippen molar-refractivity contribution in [2.75, 3.05) is 7.11 Å². The molecule has 0 radical (unpaired) electrons. The van der Waals surface area contributed by atoms with E-state index in [1.807, 2.05) is 19.1 Å². The van der Waals surface area contributed by atoms with Crippen LogP contribution in [0.1, 0.15) is 11.5 Å². The second kappa shape index (κ2) is 4.73. The molecule has 6 nitrogen and oxygen atoms in total. The number of methoxy groups -OCH3 is 1. The van der Waals surface area contributed by atoms with Crippen LogP contribution in [0.15, 0.2) is 22.9 Å². The summed E-state index contributed by atoms with van der Waals surface area (Å²) in [6.07, 6.45) is 1.62. The first-order chi connectivity index (χ1) is 8.20. The molecule has 0 atom stereocenters. The summed E-state index contributed by atoms with van der Waals surface area (Å²) in [7, 11) is 1.31. The van der Waals surface area contributed by atoms with Gasteiger partial charge in [0, 0.05) is 6.20 Å². The molecule has 0 aromatic carbocycles. The first-order valence-corrected chi connectivity index (χ1v) is 5.02. The van der Waals surface area contributed by atoms with E-state index in [-0.39, 0.29) is 12.3 Å². The summed E-state index contributed by atoms with van der Waals surface area (Å²) in [6.45, 7) is 1.90. The van der Waals surface area contributed by atoms with Crippen LogP contribution in [0.2, 0.25) is 0 Å². The molecule has 0 saturated carbocycles. The lowest BCUT2D eigenvalue weighted by molar-refractivity contribution is -0.140. The number of pyridine rings is 1. The van der Waals surface area contributed by atoms with Gasteiger partial charge in [0.25, 0.3) is 0 Å². The monoisotopic (exact) mass is 233 g/mol. The molecular weight excluding hydrogens is 222 g/mol. The van der Waals surface area contributed by atoms with Crippen molar-refractivity contribution in [3.05, 3.63) is 29.8 Å². The molecule has 2 heterocycles. The Kier molecular flexibility index (Phi) is 3.13. The Balaban J connectivity index is 2.24. The number of esters is 1. The zero-order valence-corrected chi connectivity index (χ0v) is 9.51. The van der Waals surface area contributed by atoms with E-state index >= 15 is 0 Å². The van der Waals surface area contributed by atoms with Crippen molar-refractivity contribution in [3.8, 4) is 11.5 Å². The van der Waals surface area contributed by atoms with Crippen LogP contribution in [0.4, 0.5) is 0 Å². The van der Waals surface area contributed by atoms with Gasteiger partial charge in [-0.25, -0.2) is 0 Å². The fourth-order valence-electron chi connectivity index (χ4n) is 1.34. The topological polar surface area (TPSA) is 78.1 Å². The van der Waals surface area contributed by atoms with Gasteiger partial charge in [0.1, 0.15) is 12.1 Å². The smallest absolute Gasteiger partial charge is 0.315 e. The number of carbonyl (C=O) groups is 1. The molecule has 0 aliphatic carbocycles. The van der Waals surface area contributed by atoms with Gasteiger partial charge < -0.3 is 9.26 Å². The van der Waals surface area contributed by atoms with E-state index in [2.05, 4.69) is 19.9 Å². The standard InChI is InChI=1S/C11H11N3O3/c1-7-4-3-5-12-10(7)11-13-8(17-14-11)6-9(15)16-2/h3-5H,6H2,1-2H3. The molecule has 0 amide bonds. The SMILES string of the molecule is COC(=O)Cc1nc(-c2ncccc2C)no1. The maximum atomic E-state index is 11.0. The molecule has 2 aromatic heterocycles. The fourth-order valence-corrected chi connectivity index (χ4v) is 1.34. The van der Waals surface area contributed by atoms with Gasteiger partial charge in [-0.1, -0.05) is 11.2 Å². The van der Waals surface area contributed by atoms with Crippen molar-refractivity contribution < 1.29 is 14.1 Å². The molecule has 0 bridgehead atoms. The van der Waals surface area contributed by atoms with Gasteiger partial charge >= 0.3 is 5.97 Å². The molecule has 0 N–H and O–H groups in total.